The molecule has 22 heavy (non-hydrogen) atoms. The van der Waals surface area contributed by atoms with E-state index in [0.29, 0.717) is 24.5 Å². The van der Waals surface area contributed by atoms with Crippen LogP contribution in [0.25, 0.3) is 0 Å². The quantitative estimate of drug-likeness (QED) is 0.690. The van der Waals surface area contributed by atoms with E-state index in [4.69, 9.17) is 4.74 Å². The fourth-order valence-corrected chi connectivity index (χ4v) is 2.09. The summed E-state index contributed by atoms with van der Waals surface area (Å²) in [6, 6.07) is 3.92. The van der Waals surface area contributed by atoms with Gasteiger partial charge in [-0.15, -0.1) is 0 Å². The second-order valence-electron chi connectivity index (χ2n) is 5.53. The van der Waals surface area contributed by atoms with Gasteiger partial charge in [-0.05, 0) is 37.0 Å². The molecule has 0 heterocycles. The zero-order valence-electron chi connectivity index (χ0n) is 13.4. The van der Waals surface area contributed by atoms with Crippen LogP contribution in [0.3, 0.4) is 0 Å². The number of nitrogens with one attached hydrogen (secondary N) is 2. The maximum Gasteiger partial charge on any atom is 0.315 e. The summed E-state index contributed by atoms with van der Waals surface area (Å²) in [6.45, 7) is 6.32. The topological polar surface area (TPSA) is 70.6 Å². The van der Waals surface area contributed by atoms with Gasteiger partial charge in [-0.25, -0.2) is 9.18 Å². The van der Waals surface area contributed by atoms with Gasteiger partial charge in [0.25, 0.3) is 0 Å². The van der Waals surface area contributed by atoms with E-state index in [9.17, 15) is 14.3 Å². The van der Waals surface area contributed by atoms with Crippen molar-refractivity contribution in [3.63, 3.8) is 0 Å². The van der Waals surface area contributed by atoms with Crippen molar-refractivity contribution < 1.29 is 19.0 Å². The molecule has 1 rings (SSSR count). The minimum Gasteiger partial charge on any atom is -0.491 e. The Hall–Kier alpha value is -1.82. The van der Waals surface area contributed by atoms with Crippen molar-refractivity contribution in [3.8, 4) is 5.75 Å². The van der Waals surface area contributed by atoms with Crippen molar-refractivity contribution in [2.75, 3.05) is 13.2 Å². The zero-order valence-corrected chi connectivity index (χ0v) is 13.4. The fraction of sp³-hybridized carbons (Fsp3) is 0.562. The third-order valence-corrected chi connectivity index (χ3v) is 3.06. The first kappa shape index (κ1) is 18.2. The number of hydrogen-bond donors (Lipinski definition) is 3. The minimum atomic E-state index is -0.449. The maximum atomic E-state index is 13.7. The van der Waals surface area contributed by atoms with Gasteiger partial charge in [-0.2, -0.15) is 0 Å². The summed E-state index contributed by atoms with van der Waals surface area (Å²) in [5.74, 6) is 0.125. The first-order valence-electron chi connectivity index (χ1n) is 7.52. The van der Waals surface area contributed by atoms with E-state index in [2.05, 4.69) is 10.6 Å². The van der Waals surface area contributed by atoms with Crippen molar-refractivity contribution in [1.29, 1.82) is 0 Å². The highest BCUT2D eigenvalue weighted by Crippen LogP contribution is 2.18. The Labute approximate surface area is 130 Å². The van der Waals surface area contributed by atoms with E-state index in [-0.39, 0.29) is 31.0 Å². The molecule has 0 aliphatic rings. The lowest BCUT2D eigenvalue weighted by molar-refractivity contribution is 0.206. The minimum absolute atomic E-state index is 0.108. The van der Waals surface area contributed by atoms with Gasteiger partial charge < -0.3 is 20.5 Å². The van der Waals surface area contributed by atoms with E-state index in [1.54, 1.807) is 19.1 Å². The predicted octanol–water partition coefficient (Wildman–Crippen LogP) is 2.43. The molecule has 0 fully saturated rings. The molecule has 124 valence electrons. The summed E-state index contributed by atoms with van der Waals surface area (Å²) in [7, 11) is 0. The highest BCUT2D eigenvalue weighted by Gasteiger charge is 2.13. The highest BCUT2D eigenvalue weighted by atomic mass is 19.1. The number of carbonyl (C=O) groups is 1. The Balaban J connectivity index is 2.48. The van der Waals surface area contributed by atoms with E-state index in [0.717, 1.165) is 0 Å². The van der Waals surface area contributed by atoms with Crippen LogP contribution in [0.15, 0.2) is 18.2 Å². The SMILES string of the molecule is CCOc1ccc(CNC(=O)NC(CO)CC(C)C)cc1F. The zero-order chi connectivity index (χ0) is 16.5. The molecule has 0 radical (unpaired) electrons. The Kier molecular flexibility index (Phi) is 7.66. The van der Waals surface area contributed by atoms with Gasteiger partial charge in [0.05, 0.1) is 19.3 Å². The standard InChI is InChI=1S/C16H25FN2O3/c1-4-22-15-6-5-12(8-14(15)17)9-18-16(21)19-13(10-20)7-11(2)3/h5-6,8,11,13,20H,4,7,9-10H2,1-3H3,(H2,18,19,21). The summed E-state index contributed by atoms with van der Waals surface area (Å²) >= 11 is 0. The number of aliphatic hydroxyl groups is 1. The van der Waals surface area contributed by atoms with Crippen molar-refractivity contribution in [3.05, 3.63) is 29.6 Å². The smallest absolute Gasteiger partial charge is 0.315 e. The van der Waals surface area contributed by atoms with Crippen LogP contribution in [-0.4, -0.2) is 30.4 Å². The van der Waals surface area contributed by atoms with Gasteiger partial charge in [-0.3, -0.25) is 0 Å². The summed E-state index contributed by atoms with van der Waals surface area (Å²) in [5, 5.41) is 14.6. The number of amides is 2. The number of carbonyl (C=O) groups excluding carboxylic acids is 1. The van der Waals surface area contributed by atoms with Crippen molar-refractivity contribution >= 4 is 6.03 Å². The molecule has 1 unspecified atom stereocenters. The lowest BCUT2D eigenvalue weighted by Crippen LogP contribution is -2.44. The summed E-state index contributed by atoms with van der Waals surface area (Å²) in [6.07, 6.45) is 0.696. The third kappa shape index (κ3) is 6.30. The molecule has 1 aromatic carbocycles. The Morgan fingerprint density at radius 2 is 2.14 bits per heavy atom. The van der Waals surface area contributed by atoms with E-state index in [1.807, 2.05) is 13.8 Å². The molecule has 6 heteroatoms. The largest absolute Gasteiger partial charge is 0.491 e. The summed E-state index contributed by atoms with van der Waals surface area (Å²) < 4.78 is 18.8. The maximum absolute atomic E-state index is 13.7. The first-order chi connectivity index (χ1) is 10.5. The molecular formula is C16H25FN2O3. The highest BCUT2D eigenvalue weighted by molar-refractivity contribution is 5.74. The lowest BCUT2D eigenvalue weighted by atomic mass is 10.0. The molecule has 0 aromatic heterocycles. The number of benzene rings is 1. The molecular weight excluding hydrogens is 287 g/mol. The van der Waals surface area contributed by atoms with Crippen molar-refractivity contribution in [2.24, 2.45) is 5.92 Å². The average Bonchev–Trinajstić information content (AvgIpc) is 2.46. The molecule has 0 saturated carbocycles. The van der Waals surface area contributed by atoms with Crippen LogP contribution in [0.5, 0.6) is 5.75 Å². The second kappa shape index (κ2) is 9.25. The summed E-state index contributed by atoms with van der Waals surface area (Å²) in [5.41, 5.74) is 0.639. The monoisotopic (exact) mass is 312 g/mol. The molecule has 1 aromatic rings. The van der Waals surface area contributed by atoms with Gasteiger partial charge in [0.2, 0.25) is 0 Å². The van der Waals surface area contributed by atoms with Gasteiger partial charge >= 0.3 is 6.03 Å². The normalized spacial score (nSPS) is 12.1. The van der Waals surface area contributed by atoms with Gasteiger partial charge in [0.1, 0.15) is 0 Å². The summed E-state index contributed by atoms with van der Waals surface area (Å²) in [4.78, 5) is 11.8. The number of hydrogen-bond acceptors (Lipinski definition) is 3. The fourth-order valence-electron chi connectivity index (χ4n) is 2.09. The van der Waals surface area contributed by atoms with Crippen molar-refractivity contribution in [2.45, 2.75) is 39.8 Å². The number of rotatable bonds is 8. The predicted molar refractivity (Wildman–Crippen MR) is 83.3 cm³/mol. The van der Waals surface area contributed by atoms with Crippen LogP contribution in [0, 0.1) is 11.7 Å². The van der Waals surface area contributed by atoms with E-state index < -0.39 is 5.82 Å². The van der Waals surface area contributed by atoms with E-state index >= 15 is 0 Å². The number of urea groups is 1. The molecule has 2 amide bonds. The molecule has 0 aliphatic carbocycles. The molecule has 0 saturated heterocycles. The van der Waals surface area contributed by atoms with E-state index in [1.165, 1.54) is 6.07 Å². The van der Waals surface area contributed by atoms with Crippen LogP contribution >= 0.6 is 0 Å². The van der Waals surface area contributed by atoms with Crippen LogP contribution in [0.1, 0.15) is 32.8 Å². The molecule has 0 spiro atoms. The molecule has 3 N–H and O–H groups in total. The first-order valence-corrected chi connectivity index (χ1v) is 7.52. The number of halogens is 1. The van der Waals surface area contributed by atoms with Crippen LogP contribution in [0.4, 0.5) is 9.18 Å². The Bertz CT molecular complexity index is 480. The van der Waals surface area contributed by atoms with Gasteiger partial charge in [0, 0.05) is 6.54 Å². The second-order valence-corrected chi connectivity index (χ2v) is 5.53. The molecule has 5 nitrogen and oxygen atoms in total. The Morgan fingerprint density at radius 3 is 2.68 bits per heavy atom. The number of aliphatic hydroxyl groups excluding tert-OH is 1. The molecule has 0 bridgehead atoms. The van der Waals surface area contributed by atoms with Crippen LogP contribution in [-0.2, 0) is 6.54 Å². The van der Waals surface area contributed by atoms with Gasteiger partial charge in [0.15, 0.2) is 11.6 Å². The third-order valence-electron chi connectivity index (χ3n) is 3.06. The Morgan fingerprint density at radius 1 is 1.41 bits per heavy atom. The molecule has 1 atom stereocenters. The van der Waals surface area contributed by atoms with Crippen molar-refractivity contribution in [1.82, 2.24) is 10.6 Å². The number of ether oxygens (including phenoxy) is 1. The average molecular weight is 312 g/mol. The molecule has 0 aliphatic heterocycles. The lowest BCUT2D eigenvalue weighted by Gasteiger charge is -2.18. The van der Waals surface area contributed by atoms with Crippen LogP contribution < -0.4 is 15.4 Å². The van der Waals surface area contributed by atoms with Crippen LogP contribution in [0.2, 0.25) is 0 Å². The van der Waals surface area contributed by atoms with Gasteiger partial charge in [-0.1, -0.05) is 19.9 Å².